The summed E-state index contributed by atoms with van der Waals surface area (Å²) in [6, 6.07) is 5.71. The number of halogens is 2. The van der Waals surface area contributed by atoms with E-state index in [2.05, 4.69) is 17.1 Å². The average molecular weight is 269 g/mol. The molecule has 0 amide bonds. The third kappa shape index (κ3) is 2.47. The number of nitrogens with one attached hydrogen (secondary N) is 1. The minimum absolute atomic E-state index is 0.258. The Labute approximate surface area is 112 Å². The number of anilines is 1. The van der Waals surface area contributed by atoms with Crippen LogP contribution in [0.5, 0.6) is 0 Å². The van der Waals surface area contributed by atoms with Crippen LogP contribution in [0.25, 0.3) is 0 Å². The SMILES string of the molecule is CC1CNC(C2CC2)CN1c1cc(F)cc(Cl)c1. The van der Waals surface area contributed by atoms with Crippen molar-refractivity contribution in [2.24, 2.45) is 5.92 Å². The van der Waals surface area contributed by atoms with Crippen LogP contribution in [0, 0.1) is 11.7 Å². The van der Waals surface area contributed by atoms with E-state index >= 15 is 0 Å². The topological polar surface area (TPSA) is 15.3 Å². The summed E-state index contributed by atoms with van der Waals surface area (Å²) in [5.74, 6) is 0.551. The molecule has 0 aromatic heterocycles. The molecule has 0 bridgehead atoms. The first-order valence-corrected chi connectivity index (χ1v) is 6.97. The molecule has 1 saturated carbocycles. The Kier molecular flexibility index (Phi) is 3.20. The van der Waals surface area contributed by atoms with Gasteiger partial charge in [-0.25, -0.2) is 4.39 Å². The van der Waals surface area contributed by atoms with Crippen LogP contribution in [-0.4, -0.2) is 25.2 Å². The van der Waals surface area contributed by atoms with Crippen LogP contribution in [-0.2, 0) is 0 Å². The monoisotopic (exact) mass is 268 g/mol. The summed E-state index contributed by atoms with van der Waals surface area (Å²) < 4.78 is 13.5. The molecule has 4 heteroatoms. The molecule has 1 N–H and O–H groups in total. The van der Waals surface area contributed by atoms with Gasteiger partial charge >= 0.3 is 0 Å². The molecule has 1 aliphatic heterocycles. The summed E-state index contributed by atoms with van der Waals surface area (Å²) >= 11 is 5.95. The number of benzene rings is 1. The number of hydrogen-bond acceptors (Lipinski definition) is 2. The fourth-order valence-electron chi connectivity index (χ4n) is 2.77. The fraction of sp³-hybridized carbons (Fsp3) is 0.571. The van der Waals surface area contributed by atoms with E-state index < -0.39 is 0 Å². The van der Waals surface area contributed by atoms with Crippen molar-refractivity contribution in [3.8, 4) is 0 Å². The van der Waals surface area contributed by atoms with Crippen molar-refractivity contribution in [2.45, 2.75) is 31.8 Å². The molecule has 1 aromatic rings. The van der Waals surface area contributed by atoms with Crippen molar-refractivity contribution in [3.63, 3.8) is 0 Å². The zero-order chi connectivity index (χ0) is 12.7. The van der Waals surface area contributed by atoms with Gasteiger partial charge in [0.1, 0.15) is 5.82 Å². The van der Waals surface area contributed by atoms with Crippen LogP contribution in [0.15, 0.2) is 18.2 Å². The maximum atomic E-state index is 13.5. The predicted molar refractivity (Wildman–Crippen MR) is 72.7 cm³/mol. The lowest BCUT2D eigenvalue weighted by molar-refractivity contribution is 0.375. The quantitative estimate of drug-likeness (QED) is 0.887. The van der Waals surface area contributed by atoms with E-state index in [1.807, 2.05) is 6.07 Å². The van der Waals surface area contributed by atoms with E-state index in [4.69, 9.17) is 11.6 Å². The van der Waals surface area contributed by atoms with Crippen LogP contribution in [0.2, 0.25) is 5.02 Å². The molecule has 0 spiro atoms. The normalized spacial score (nSPS) is 28.5. The molecular formula is C14H18ClFN2. The van der Waals surface area contributed by atoms with E-state index in [0.717, 1.165) is 24.7 Å². The van der Waals surface area contributed by atoms with Crippen LogP contribution in [0.3, 0.4) is 0 Å². The molecule has 0 radical (unpaired) electrons. The summed E-state index contributed by atoms with van der Waals surface area (Å²) in [5, 5.41) is 4.06. The van der Waals surface area contributed by atoms with Gasteiger partial charge in [0.15, 0.2) is 0 Å². The lowest BCUT2D eigenvalue weighted by Gasteiger charge is -2.40. The minimum atomic E-state index is -0.258. The van der Waals surface area contributed by atoms with Crippen molar-refractivity contribution in [2.75, 3.05) is 18.0 Å². The van der Waals surface area contributed by atoms with Gasteiger partial charge in [-0.3, -0.25) is 0 Å². The molecule has 2 unspecified atom stereocenters. The van der Waals surface area contributed by atoms with Gasteiger partial charge in [0.05, 0.1) is 0 Å². The fourth-order valence-corrected chi connectivity index (χ4v) is 2.98. The van der Waals surface area contributed by atoms with Crippen molar-refractivity contribution < 1.29 is 4.39 Å². The van der Waals surface area contributed by atoms with Gasteiger partial charge in [0.2, 0.25) is 0 Å². The number of nitrogens with zero attached hydrogens (tertiary/aromatic N) is 1. The first kappa shape index (κ1) is 12.2. The molecule has 1 saturated heterocycles. The second-order valence-electron chi connectivity index (χ2n) is 5.48. The second-order valence-corrected chi connectivity index (χ2v) is 5.92. The number of piperazine rings is 1. The van der Waals surface area contributed by atoms with Crippen LogP contribution < -0.4 is 10.2 Å². The first-order chi connectivity index (χ1) is 8.63. The van der Waals surface area contributed by atoms with Gasteiger partial charge < -0.3 is 10.2 Å². The molecule has 98 valence electrons. The molecule has 3 rings (SSSR count). The molecule has 2 aliphatic rings. The number of hydrogen-bond donors (Lipinski definition) is 1. The van der Waals surface area contributed by atoms with Gasteiger partial charge in [-0.05, 0) is 43.9 Å². The molecular weight excluding hydrogens is 251 g/mol. The largest absolute Gasteiger partial charge is 0.366 e. The summed E-state index contributed by atoms with van der Waals surface area (Å²) in [4.78, 5) is 2.27. The Morgan fingerprint density at radius 3 is 2.78 bits per heavy atom. The Bertz CT molecular complexity index is 427. The van der Waals surface area contributed by atoms with Crippen LogP contribution >= 0.6 is 11.6 Å². The summed E-state index contributed by atoms with van der Waals surface area (Å²) in [5.41, 5.74) is 0.902. The Balaban J connectivity index is 1.83. The zero-order valence-corrected chi connectivity index (χ0v) is 11.3. The van der Waals surface area contributed by atoms with Crippen LogP contribution in [0.4, 0.5) is 10.1 Å². The van der Waals surface area contributed by atoms with E-state index in [1.54, 1.807) is 6.07 Å². The van der Waals surface area contributed by atoms with E-state index in [1.165, 1.54) is 18.9 Å². The predicted octanol–water partition coefficient (Wildman–Crippen LogP) is 3.06. The standard InChI is InChI=1S/C14H18ClFN2/c1-9-7-17-14(10-2-3-10)8-18(9)13-5-11(15)4-12(16)6-13/h4-6,9-10,14,17H,2-3,7-8H2,1H3. The summed E-state index contributed by atoms with van der Waals surface area (Å²) in [6.07, 6.45) is 2.65. The second kappa shape index (κ2) is 4.71. The minimum Gasteiger partial charge on any atom is -0.366 e. The third-order valence-electron chi connectivity index (χ3n) is 3.97. The highest BCUT2D eigenvalue weighted by Crippen LogP contribution is 2.35. The molecule has 1 heterocycles. The smallest absolute Gasteiger partial charge is 0.126 e. The summed E-state index contributed by atoms with van der Waals surface area (Å²) in [6.45, 7) is 4.07. The first-order valence-electron chi connectivity index (χ1n) is 6.59. The van der Waals surface area contributed by atoms with Gasteiger partial charge in [-0.2, -0.15) is 0 Å². The maximum absolute atomic E-state index is 13.5. The van der Waals surface area contributed by atoms with E-state index in [9.17, 15) is 4.39 Å². The van der Waals surface area contributed by atoms with Gasteiger partial charge in [0, 0.05) is 35.9 Å². The molecule has 18 heavy (non-hydrogen) atoms. The molecule has 1 aliphatic carbocycles. The Morgan fingerprint density at radius 2 is 2.11 bits per heavy atom. The Morgan fingerprint density at radius 1 is 1.33 bits per heavy atom. The van der Waals surface area contributed by atoms with Gasteiger partial charge in [-0.15, -0.1) is 0 Å². The highest BCUT2D eigenvalue weighted by molar-refractivity contribution is 6.30. The van der Waals surface area contributed by atoms with E-state index in [0.29, 0.717) is 17.1 Å². The van der Waals surface area contributed by atoms with Crippen LogP contribution in [0.1, 0.15) is 19.8 Å². The van der Waals surface area contributed by atoms with Crippen molar-refractivity contribution >= 4 is 17.3 Å². The third-order valence-corrected chi connectivity index (χ3v) is 4.19. The highest BCUT2D eigenvalue weighted by atomic mass is 35.5. The zero-order valence-electron chi connectivity index (χ0n) is 10.5. The average Bonchev–Trinajstić information content (AvgIpc) is 3.12. The molecule has 2 atom stereocenters. The Hall–Kier alpha value is -0.800. The van der Waals surface area contributed by atoms with Gasteiger partial charge in [-0.1, -0.05) is 11.6 Å². The molecule has 2 fully saturated rings. The summed E-state index contributed by atoms with van der Waals surface area (Å²) in [7, 11) is 0. The van der Waals surface area contributed by atoms with Crippen molar-refractivity contribution in [1.29, 1.82) is 0 Å². The maximum Gasteiger partial charge on any atom is 0.126 e. The van der Waals surface area contributed by atoms with Gasteiger partial charge in [0.25, 0.3) is 0 Å². The molecule has 2 nitrogen and oxygen atoms in total. The van der Waals surface area contributed by atoms with Crippen molar-refractivity contribution in [3.05, 3.63) is 29.0 Å². The van der Waals surface area contributed by atoms with E-state index in [-0.39, 0.29) is 5.82 Å². The molecule has 1 aromatic carbocycles. The lowest BCUT2D eigenvalue weighted by atomic mass is 10.1. The van der Waals surface area contributed by atoms with Crippen molar-refractivity contribution in [1.82, 2.24) is 5.32 Å². The number of rotatable bonds is 2. The lowest BCUT2D eigenvalue weighted by Crippen LogP contribution is -2.56. The highest BCUT2D eigenvalue weighted by Gasteiger charge is 2.36.